The Labute approximate surface area is 402 Å². The SMILES string of the molecule is Fc1cc2nc3c4ccc(cc4)c4ccc(cc4)c4nc5cc(F)c(F)cc5nc4c4ccc(cc4)c4ccc(cc4)c4nc5cc(F)c(F)cc5nc4c4ccc(cc4)c4ccc(cc4)c3nc2cc1F. The first-order valence-electron chi connectivity index (χ1n) is 22.7. The summed E-state index contributed by atoms with van der Waals surface area (Å²) in [4.78, 5) is 29.0. The van der Waals surface area contributed by atoms with Gasteiger partial charge in [0.25, 0.3) is 0 Å². The van der Waals surface area contributed by atoms with Crippen LogP contribution in [0.15, 0.2) is 182 Å². The van der Waals surface area contributed by atoms with E-state index in [1.807, 2.05) is 146 Å². The van der Waals surface area contributed by atoms with Crippen molar-refractivity contribution in [3.05, 3.63) is 217 Å². The fourth-order valence-corrected chi connectivity index (χ4v) is 9.29. The number of nitrogens with zero attached hydrogens (tertiary/aromatic N) is 6. The number of fused-ring (bicyclic) bond motifs is 3. The summed E-state index contributed by atoms with van der Waals surface area (Å²) in [6, 6.07) is 52.3. The number of hydrogen-bond donors (Lipinski definition) is 0. The lowest BCUT2D eigenvalue weighted by Gasteiger charge is -2.05. The van der Waals surface area contributed by atoms with Crippen LogP contribution in [0, 0.1) is 34.9 Å². The number of hydrogen-bond acceptors (Lipinski definition) is 6. The van der Waals surface area contributed by atoms with Crippen molar-refractivity contribution in [1.82, 2.24) is 29.9 Å². The van der Waals surface area contributed by atoms with Crippen molar-refractivity contribution in [3.8, 4) is 0 Å². The molecule has 0 N–H and O–H groups in total. The van der Waals surface area contributed by atoms with E-state index < -0.39 is 34.9 Å². The molecular formula is C60H30F6N6. The molecule has 0 amide bonds. The van der Waals surface area contributed by atoms with E-state index in [1.54, 1.807) is 0 Å². The van der Waals surface area contributed by atoms with Crippen LogP contribution in [0.5, 0.6) is 0 Å². The van der Waals surface area contributed by atoms with Crippen molar-refractivity contribution in [1.29, 1.82) is 0 Å². The van der Waals surface area contributed by atoms with E-state index in [2.05, 4.69) is 0 Å². The molecule has 72 heavy (non-hydrogen) atoms. The second-order valence-corrected chi connectivity index (χ2v) is 17.5. The standard InChI is InChI=1S/C60H30F6N6/c61-43-25-49-50(26-44(43)62)68-56-39-17-5-33(6-18-39)34-9-21-41(22-10-34)59-60(72-54-30-48(66)47(65)29-53(54)71-59)42-23-11-36(12-24-42)35-7-19-40(20-8-35)58-57(69-51-27-45(63)46(64)28-52(51)70-58)38-15-3-32(4-16-38)31-1-13-37(14-2-31)55(56)67-49/h1-30H. The Hall–Kier alpha value is -9.42. The van der Waals surface area contributed by atoms with Gasteiger partial charge >= 0.3 is 0 Å². The molecule has 0 aliphatic rings. The van der Waals surface area contributed by atoms with Crippen LogP contribution >= 0.6 is 0 Å². The average molecular weight is 949 g/mol. The van der Waals surface area contributed by atoms with Gasteiger partial charge in [0.15, 0.2) is 34.9 Å². The summed E-state index contributed by atoms with van der Waals surface area (Å²) < 4.78 is 87.6. The third kappa shape index (κ3) is 7.39. The second kappa shape index (κ2) is 16.6. The van der Waals surface area contributed by atoms with Gasteiger partial charge in [0.05, 0.1) is 66.2 Å². The van der Waals surface area contributed by atoms with E-state index in [9.17, 15) is 26.3 Å². The molecular weight excluding hydrogens is 919 g/mol. The molecule has 12 heteroatoms. The van der Waals surface area contributed by atoms with Crippen LogP contribution in [0.4, 0.5) is 26.3 Å². The summed E-state index contributed by atoms with van der Waals surface area (Å²) >= 11 is 0. The summed E-state index contributed by atoms with van der Waals surface area (Å²) in [5.41, 5.74) is 3.91. The third-order valence-corrected chi connectivity index (χ3v) is 13.1. The maximum atomic E-state index is 14.6. The lowest BCUT2D eigenvalue weighted by molar-refractivity contribution is 0.510. The minimum atomic E-state index is -1.04. The van der Waals surface area contributed by atoms with Crippen LogP contribution in [0.25, 0.3) is 131 Å². The molecule has 0 fully saturated rings. The van der Waals surface area contributed by atoms with Gasteiger partial charge in [-0.1, -0.05) is 146 Å². The monoisotopic (exact) mass is 948 g/mol. The molecule has 0 radical (unpaired) electrons. The molecule has 0 saturated heterocycles. The normalized spacial score (nSPS) is 11.8. The third-order valence-electron chi connectivity index (χ3n) is 13.1. The zero-order chi connectivity index (χ0) is 48.8. The molecule has 0 unspecified atom stereocenters. The predicted molar refractivity (Wildman–Crippen MR) is 276 cm³/mol. The van der Waals surface area contributed by atoms with E-state index in [1.165, 1.54) is 0 Å². The maximum absolute atomic E-state index is 14.6. The molecule has 22 aromatic rings. The van der Waals surface area contributed by atoms with Crippen LogP contribution in [0.2, 0.25) is 0 Å². The van der Waals surface area contributed by atoms with Gasteiger partial charge < -0.3 is 0 Å². The predicted octanol–water partition coefficient (Wildman–Crippen LogP) is 16.1. The van der Waals surface area contributed by atoms with Crippen molar-refractivity contribution in [2.75, 3.05) is 0 Å². The van der Waals surface area contributed by atoms with Crippen LogP contribution in [-0.4, -0.2) is 29.9 Å². The molecule has 0 aliphatic carbocycles. The Morgan fingerprint density at radius 3 is 0.403 bits per heavy atom. The fraction of sp³-hybridized carbons (Fsp3) is 0. The smallest absolute Gasteiger partial charge is 0.161 e. The molecule has 6 nitrogen and oxygen atoms in total. The van der Waals surface area contributed by atoms with E-state index in [4.69, 9.17) is 29.9 Å². The van der Waals surface area contributed by atoms with Gasteiger partial charge in [-0.05, 0) is 32.3 Å². The average Bonchev–Trinajstić information content (AvgIpc) is 3.41. The minimum Gasteiger partial charge on any atom is -0.244 e. The highest BCUT2D eigenvalue weighted by atomic mass is 19.2. The number of rotatable bonds is 0. The van der Waals surface area contributed by atoms with Crippen molar-refractivity contribution in [2.45, 2.75) is 0 Å². The highest BCUT2D eigenvalue weighted by Crippen LogP contribution is 2.31. The van der Waals surface area contributed by atoms with Gasteiger partial charge in [-0.25, -0.2) is 56.2 Å². The van der Waals surface area contributed by atoms with Crippen LogP contribution in [-0.2, 0) is 0 Å². The Balaban J connectivity index is 1.11. The topological polar surface area (TPSA) is 77.3 Å². The van der Waals surface area contributed by atoms with Crippen LogP contribution in [0.3, 0.4) is 0 Å². The van der Waals surface area contributed by atoms with Crippen molar-refractivity contribution in [2.24, 2.45) is 0 Å². The lowest BCUT2D eigenvalue weighted by atomic mass is 10.1. The number of aromatic nitrogens is 6. The zero-order valence-corrected chi connectivity index (χ0v) is 37.3. The molecule has 3 heterocycles. The maximum Gasteiger partial charge on any atom is 0.161 e. The van der Waals surface area contributed by atoms with E-state index in [-0.39, 0.29) is 33.1 Å². The van der Waals surface area contributed by atoms with Crippen molar-refractivity contribution < 1.29 is 26.3 Å². The second-order valence-electron chi connectivity index (χ2n) is 17.5. The summed E-state index contributed by atoms with van der Waals surface area (Å²) in [5, 5.41) is 9.40. The van der Waals surface area contributed by atoms with Crippen LogP contribution < -0.4 is 0 Å². The summed E-state index contributed by atoms with van der Waals surface area (Å²) in [7, 11) is 0. The molecule has 22 rings (SSSR count). The van der Waals surface area contributed by atoms with Crippen molar-refractivity contribution >= 4 is 131 Å². The number of halogens is 6. The first-order valence-corrected chi connectivity index (χ1v) is 22.7. The first-order chi connectivity index (χ1) is 35.1. The quantitative estimate of drug-likeness (QED) is 0.141. The lowest BCUT2D eigenvalue weighted by Crippen LogP contribution is -1.92. The molecule has 12 bridgehead atoms. The van der Waals surface area contributed by atoms with Gasteiger partial charge in [-0.2, -0.15) is 0 Å². The molecule has 0 aliphatic heterocycles. The van der Waals surface area contributed by atoms with Crippen LogP contribution in [0.1, 0.15) is 0 Å². The van der Waals surface area contributed by atoms with E-state index >= 15 is 0 Å². The zero-order valence-electron chi connectivity index (χ0n) is 37.3. The Morgan fingerprint density at radius 2 is 0.278 bits per heavy atom. The molecule has 342 valence electrons. The Kier molecular flexibility index (Phi) is 9.85. The first kappa shape index (κ1) is 42.7. The fourth-order valence-electron chi connectivity index (χ4n) is 9.29. The largest absolute Gasteiger partial charge is 0.244 e. The van der Waals surface area contributed by atoms with E-state index in [0.717, 1.165) is 68.7 Å². The number of benzene rings is 9. The summed E-state index contributed by atoms with van der Waals surface area (Å²) in [5.74, 6) is -6.21. The summed E-state index contributed by atoms with van der Waals surface area (Å²) in [6.45, 7) is 0. The molecule has 3 aromatic heterocycles. The van der Waals surface area contributed by atoms with Gasteiger partial charge in [-0.15, -0.1) is 0 Å². The Morgan fingerprint density at radius 1 is 0.167 bits per heavy atom. The highest BCUT2D eigenvalue weighted by molar-refractivity contribution is 6.08. The summed E-state index contributed by atoms with van der Waals surface area (Å²) in [6.07, 6.45) is 0. The van der Waals surface area contributed by atoms with Crippen molar-refractivity contribution in [3.63, 3.8) is 0 Å². The molecule has 0 atom stereocenters. The highest BCUT2D eigenvalue weighted by Gasteiger charge is 2.14. The van der Waals surface area contributed by atoms with E-state index in [0.29, 0.717) is 65.4 Å². The molecule has 19 aromatic carbocycles. The Bertz CT molecular complexity index is 3900. The van der Waals surface area contributed by atoms with Gasteiger partial charge in [0, 0.05) is 68.7 Å². The van der Waals surface area contributed by atoms with Gasteiger partial charge in [0.1, 0.15) is 0 Å². The molecule has 0 saturated carbocycles. The molecule has 0 spiro atoms. The van der Waals surface area contributed by atoms with Gasteiger partial charge in [-0.3, -0.25) is 0 Å². The van der Waals surface area contributed by atoms with Gasteiger partial charge in [0.2, 0.25) is 0 Å². The minimum absolute atomic E-state index is 0.190.